The molecule has 4 nitrogen and oxygen atoms in total. The van der Waals surface area contributed by atoms with Gasteiger partial charge >= 0.3 is 0 Å². The quantitative estimate of drug-likeness (QED) is 0.581. The van der Waals surface area contributed by atoms with Crippen molar-refractivity contribution in [3.05, 3.63) is 11.5 Å². The first-order valence-corrected chi connectivity index (χ1v) is 5.63. The first-order valence-electron chi connectivity index (χ1n) is 5.25. The molecule has 1 rings (SSSR count). The van der Waals surface area contributed by atoms with E-state index in [1.807, 2.05) is 0 Å². The van der Waals surface area contributed by atoms with Crippen molar-refractivity contribution in [3.8, 4) is 0 Å². The number of rotatable bonds is 6. The third kappa shape index (κ3) is 3.91. The van der Waals surface area contributed by atoms with E-state index in [-0.39, 0.29) is 0 Å². The topological polar surface area (TPSA) is 63.8 Å². The highest BCUT2D eigenvalue weighted by Gasteiger charge is 2.04. The Labute approximate surface area is 95.3 Å². The van der Waals surface area contributed by atoms with Crippen LogP contribution in [0.3, 0.4) is 0 Å². The summed E-state index contributed by atoms with van der Waals surface area (Å²) in [4.78, 5) is 7.81. The van der Waals surface area contributed by atoms with Crippen LogP contribution in [0.1, 0.15) is 32.6 Å². The molecule has 0 saturated heterocycles. The zero-order valence-electron chi connectivity index (χ0n) is 8.96. The van der Waals surface area contributed by atoms with Crippen LogP contribution in [0.4, 0.5) is 11.5 Å². The number of nitrogens with zero attached hydrogens (tertiary/aromatic N) is 2. The zero-order valence-corrected chi connectivity index (χ0v) is 9.72. The van der Waals surface area contributed by atoms with Gasteiger partial charge in [-0.25, -0.2) is 9.97 Å². The van der Waals surface area contributed by atoms with Gasteiger partial charge in [0.2, 0.25) is 0 Å². The number of hydrogen-bond acceptors (Lipinski definition) is 4. The summed E-state index contributed by atoms with van der Waals surface area (Å²) in [6.07, 6.45) is 6.26. The van der Waals surface area contributed by atoms with Crippen LogP contribution in [-0.2, 0) is 0 Å². The second-order valence-electron chi connectivity index (χ2n) is 3.41. The molecule has 15 heavy (non-hydrogen) atoms. The molecular weight excluding hydrogens is 212 g/mol. The molecule has 0 aromatic carbocycles. The molecule has 3 N–H and O–H groups in total. The normalized spacial score (nSPS) is 10.3. The molecule has 84 valence electrons. The molecule has 0 aliphatic carbocycles. The third-order valence-electron chi connectivity index (χ3n) is 2.16. The highest BCUT2D eigenvalue weighted by Crippen LogP contribution is 2.21. The number of nitrogens with two attached hydrogens (primary N) is 1. The van der Waals surface area contributed by atoms with Crippen LogP contribution in [0, 0.1) is 0 Å². The Bertz CT molecular complexity index is 303. The van der Waals surface area contributed by atoms with Crippen LogP contribution in [0.15, 0.2) is 6.33 Å². The molecule has 5 heteroatoms. The monoisotopic (exact) mass is 228 g/mol. The SMILES string of the molecule is CCCCCCNc1ncnc(Cl)c1N. The van der Waals surface area contributed by atoms with Gasteiger partial charge < -0.3 is 11.1 Å². The van der Waals surface area contributed by atoms with Gasteiger partial charge in [-0.05, 0) is 6.42 Å². The van der Waals surface area contributed by atoms with E-state index in [2.05, 4.69) is 22.2 Å². The Balaban J connectivity index is 2.34. The summed E-state index contributed by atoms with van der Waals surface area (Å²) >= 11 is 5.76. The fourth-order valence-corrected chi connectivity index (χ4v) is 1.41. The molecule has 0 saturated carbocycles. The number of halogens is 1. The van der Waals surface area contributed by atoms with Crippen molar-refractivity contribution in [1.29, 1.82) is 0 Å². The average molecular weight is 229 g/mol. The van der Waals surface area contributed by atoms with Crippen molar-refractivity contribution in [2.24, 2.45) is 0 Å². The van der Waals surface area contributed by atoms with E-state index < -0.39 is 0 Å². The average Bonchev–Trinajstić information content (AvgIpc) is 2.24. The fourth-order valence-electron chi connectivity index (χ4n) is 1.27. The minimum Gasteiger partial charge on any atom is -0.393 e. The highest BCUT2D eigenvalue weighted by atomic mass is 35.5. The molecular formula is C10H17ClN4. The van der Waals surface area contributed by atoms with Gasteiger partial charge in [-0.3, -0.25) is 0 Å². The molecule has 1 aromatic rings. The largest absolute Gasteiger partial charge is 0.393 e. The van der Waals surface area contributed by atoms with Crippen LogP contribution in [0.5, 0.6) is 0 Å². The predicted molar refractivity (Wildman–Crippen MR) is 64.1 cm³/mol. The second-order valence-corrected chi connectivity index (χ2v) is 3.77. The molecule has 0 amide bonds. The van der Waals surface area contributed by atoms with E-state index in [4.69, 9.17) is 17.3 Å². The summed E-state index contributed by atoms with van der Waals surface area (Å²) in [6, 6.07) is 0. The van der Waals surface area contributed by atoms with Crippen LogP contribution in [0.25, 0.3) is 0 Å². The number of hydrogen-bond donors (Lipinski definition) is 2. The molecule has 0 unspecified atom stereocenters. The molecule has 0 aliphatic heterocycles. The maximum absolute atomic E-state index is 5.76. The minimum atomic E-state index is 0.307. The fraction of sp³-hybridized carbons (Fsp3) is 0.600. The van der Waals surface area contributed by atoms with Gasteiger partial charge in [0.15, 0.2) is 11.0 Å². The lowest BCUT2D eigenvalue weighted by atomic mass is 10.2. The lowest BCUT2D eigenvalue weighted by Crippen LogP contribution is -2.07. The lowest BCUT2D eigenvalue weighted by Gasteiger charge is -2.07. The molecule has 0 radical (unpaired) electrons. The Morgan fingerprint density at radius 3 is 2.87 bits per heavy atom. The van der Waals surface area contributed by atoms with Gasteiger partial charge in [-0.1, -0.05) is 37.8 Å². The van der Waals surface area contributed by atoms with Crippen molar-refractivity contribution in [2.45, 2.75) is 32.6 Å². The van der Waals surface area contributed by atoms with Crippen LogP contribution < -0.4 is 11.1 Å². The van der Waals surface area contributed by atoms with Crippen LogP contribution in [-0.4, -0.2) is 16.5 Å². The van der Waals surface area contributed by atoms with Crippen molar-refractivity contribution in [2.75, 3.05) is 17.6 Å². The van der Waals surface area contributed by atoms with E-state index in [0.29, 0.717) is 16.7 Å². The van der Waals surface area contributed by atoms with Crippen molar-refractivity contribution in [1.82, 2.24) is 9.97 Å². The number of unbranched alkanes of at least 4 members (excludes halogenated alkanes) is 3. The van der Waals surface area contributed by atoms with Gasteiger partial charge in [0.05, 0.1) is 0 Å². The van der Waals surface area contributed by atoms with E-state index in [9.17, 15) is 0 Å². The van der Waals surface area contributed by atoms with Gasteiger partial charge in [0.25, 0.3) is 0 Å². The summed E-state index contributed by atoms with van der Waals surface area (Å²) in [5.41, 5.74) is 6.13. The summed E-state index contributed by atoms with van der Waals surface area (Å²) in [5.74, 6) is 0.631. The Hall–Kier alpha value is -1.03. The number of anilines is 2. The molecule has 0 aliphatic rings. The molecule has 1 aromatic heterocycles. The summed E-state index contributed by atoms with van der Waals surface area (Å²) in [6.45, 7) is 3.06. The highest BCUT2D eigenvalue weighted by molar-refractivity contribution is 6.32. The molecule has 0 atom stereocenters. The first kappa shape index (κ1) is 12.0. The Morgan fingerprint density at radius 2 is 2.13 bits per heavy atom. The summed E-state index contributed by atoms with van der Waals surface area (Å²) < 4.78 is 0. The van der Waals surface area contributed by atoms with E-state index in [1.165, 1.54) is 25.6 Å². The van der Waals surface area contributed by atoms with Crippen LogP contribution >= 0.6 is 11.6 Å². The zero-order chi connectivity index (χ0) is 11.1. The molecule has 1 heterocycles. The van der Waals surface area contributed by atoms with Crippen molar-refractivity contribution >= 4 is 23.1 Å². The van der Waals surface area contributed by atoms with E-state index in [1.54, 1.807) is 0 Å². The third-order valence-corrected chi connectivity index (χ3v) is 2.46. The lowest BCUT2D eigenvalue weighted by molar-refractivity contribution is 0.684. The van der Waals surface area contributed by atoms with Gasteiger partial charge in [-0.15, -0.1) is 0 Å². The number of nitrogen functional groups attached to an aromatic ring is 1. The minimum absolute atomic E-state index is 0.307. The molecule has 0 bridgehead atoms. The second kappa shape index (κ2) is 6.45. The summed E-state index contributed by atoms with van der Waals surface area (Å²) in [7, 11) is 0. The number of nitrogens with one attached hydrogen (secondary N) is 1. The smallest absolute Gasteiger partial charge is 0.157 e. The predicted octanol–water partition coefficient (Wildman–Crippen LogP) is 2.70. The van der Waals surface area contributed by atoms with Gasteiger partial charge in [-0.2, -0.15) is 0 Å². The van der Waals surface area contributed by atoms with Crippen molar-refractivity contribution in [3.63, 3.8) is 0 Å². The molecule has 0 fully saturated rings. The first-order chi connectivity index (χ1) is 7.25. The Kier molecular flexibility index (Phi) is 5.18. The molecule has 0 spiro atoms. The maximum Gasteiger partial charge on any atom is 0.157 e. The van der Waals surface area contributed by atoms with Gasteiger partial charge in [0.1, 0.15) is 12.0 Å². The van der Waals surface area contributed by atoms with Crippen LogP contribution in [0.2, 0.25) is 5.15 Å². The summed E-state index contributed by atoms with van der Waals surface area (Å²) in [5, 5.41) is 3.46. The standard InChI is InChI=1S/C10H17ClN4/c1-2-3-4-5-6-13-10-8(12)9(11)14-7-15-10/h7H,2-6,12H2,1H3,(H,13,14,15). The number of aromatic nitrogens is 2. The van der Waals surface area contributed by atoms with E-state index in [0.717, 1.165) is 13.0 Å². The van der Waals surface area contributed by atoms with E-state index >= 15 is 0 Å². The van der Waals surface area contributed by atoms with Crippen molar-refractivity contribution < 1.29 is 0 Å². The van der Waals surface area contributed by atoms with Gasteiger partial charge in [0, 0.05) is 6.54 Å². The maximum atomic E-state index is 5.76. The Morgan fingerprint density at radius 1 is 1.33 bits per heavy atom.